The zero-order valence-corrected chi connectivity index (χ0v) is 16.7. The normalized spacial score (nSPS) is 15.2. The Labute approximate surface area is 159 Å². The molecule has 0 bridgehead atoms. The second-order valence-electron chi connectivity index (χ2n) is 8.22. The Hall–Kier alpha value is -1.80. The Morgan fingerprint density at radius 3 is 2.12 bits per heavy atom. The smallest absolute Gasteiger partial charge is 0.0370 e. The van der Waals surface area contributed by atoms with E-state index in [4.69, 9.17) is 0 Å². The summed E-state index contributed by atoms with van der Waals surface area (Å²) in [4.78, 5) is 4.97. The van der Waals surface area contributed by atoms with Gasteiger partial charge in [0.2, 0.25) is 0 Å². The maximum atomic E-state index is 2.68. The van der Waals surface area contributed by atoms with Crippen LogP contribution in [0, 0.1) is 5.92 Å². The van der Waals surface area contributed by atoms with Crippen molar-refractivity contribution in [1.82, 2.24) is 4.90 Å². The Balaban J connectivity index is 1.64. The molecule has 26 heavy (non-hydrogen) atoms. The van der Waals surface area contributed by atoms with Gasteiger partial charge in [0.05, 0.1) is 0 Å². The van der Waals surface area contributed by atoms with Crippen molar-refractivity contribution >= 4 is 5.69 Å². The molecule has 1 aliphatic carbocycles. The van der Waals surface area contributed by atoms with Crippen molar-refractivity contribution in [3.05, 3.63) is 65.7 Å². The summed E-state index contributed by atoms with van der Waals surface area (Å²) in [5.41, 5.74) is 4.46. The summed E-state index contributed by atoms with van der Waals surface area (Å²) in [5.74, 6) is 0.723. The van der Waals surface area contributed by atoms with Crippen molar-refractivity contribution in [3.8, 4) is 0 Å². The Morgan fingerprint density at radius 2 is 1.50 bits per heavy atom. The van der Waals surface area contributed by atoms with Crippen LogP contribution in [0.4, 0.5) is 5.69 Å². The number of unbranched alkanes of at least 4 members (excludes halogenated alkanes) is 1. The van der Waals surface area contributed by atoms with Crippen molar-refractivity contribution in [2.75, 3.05) is 32.1 Å². The van der Waals surface area contributed by atoms with Gasteiger partial charge in [-0.2, -0.15) is 0 Å². The Morgan fingerprint density at radius 1 is 0.885 bits per heavy atom. The molecule has 0 N–H and O–H groups in total. The van der Waals surface area contributed by atoms with Crippen molar-refractivity contribution in [3.63, 3.8) is 0 Å². The molecule has 2 nitrogen and oxygen atoms in total. The molecular formula is C24H34N2. The molecule has 0 fully saturated rings. The van der Waals surface area contributed by atoms with Crippen molar-refractivity contribution in [2.24, 2.45) is 5.92 Å². The average Bonchev–Trinajstić information content (AvgIpc) is 3.07. The molecule has 0 saturated carbocycles. The van der Waals surface area contributed by atoms with E-state index in [1.54, 1.807) is 0 Å². The lowest BCUT2D eigenvalue weighted by Crippen LogP contribution is -2.39. The summed E-state index contributed by atoms with van der Waals surface area (Å²) in [6, 6.07) is 20.6. The summed E-state index contributed by atoms with van der Waals surface area (Å²) < 4.78 is 0. The van der Waals surface area contributed by atoms with Crippen LogP contribution in [0.5, 0.6) is 0 Å². The molecule has 1 aliphatic rings. The minimum atomic E-state index is 0.596. The number of para-hydroxylation sites is 1. The minimum Gasteiger partial charge on any atom is -0.368 e. The largest absolute Gasteiger partial charge is 0.368 e. The highest BCUT2D eigenvalue weighted by molar-refractivity contribution is 5.49. The molecule has 1 atom stereocenters. The quantitative estimate of drug-likeness (QED) is 0.585. The van der Waals surface area contributed by atoms with Crippen LogP contribution < -0.4 is 4.90 Å². The first kappa shape index (κ1) is 19.0. The average molecular weight is 351 g/mol. The van der Waals surface area contributed by atoms with Crippen LogP contribution >= 0.6 is 0 Å². The first-order valence-electron chi connectivity index (χ1n) is 10.2. The maximum absolute atomic E-state index is 2.68. The molecule has 2 heteroatoms. The zero-order valence-electron chi connectivity index (χ0n) is 16.7. The third kappa shape index (κ3) is 5.11. The Bertz CT molecular complexity index is 640. The molecule has 0 amide bonds. The molecule has 0 unspecified atom stereocenters. The fraction of sp³-hybridized carbons (Fsp3) is 0.500. The van der Waals surface area contributed by atoms with Gasteiger partial charge in [0.25, 0.3) is 0 Å². The molecule has 3 rings (SSSR count). The molecule has 2 aromatic carbocycles. The van der Waals surface area contributed by atoms with Crippen LogP contribution in [0.2, 0.25) is 0 Å². The van der Waals surface area contributed by atoms with Gasteiger partial charge in [0.1, 0.15) is 0 Å². The molecule has 0 heterocycles. The first-order chi connectivity index (χ1) is 12.6. The molecule has 0 saturated heterocycles. The second kappa shape index (κ2) is 9.23. The Kier molecular flexibility index (Phi) is 6.73. The fourth-order valence-corrected chi connectivity index (χ4v) is 4.19. The summed E-state index contributed by atoms with van der Waals surface area (Å²) in [7, 11) is 4.33. The van der Waals surface area contributed by atoms with Gasteiger partial charge in [-0.25, -0.2) is 0 Å². The SMILES string of the molecule is C[C@@H](CCCCN(C)C)CN(c1ccccc1)C1Cc2ccccc2C1. The lowest BCUT2D eigenvalue weighted by Gasteiger charge is -2.34. The van der Waals surface area contributed by atoms with Gasteiger partial charge < -0.3 is 9.80 Å². The number of anilines is 1. The van der Waals surface area contributed by atoms with Crippen LogP contribution in [0.25, 0.3) is 0 Å². The second-order valence-corrected chi connectivity index (χ2v) is 8.22. The van der Waals surface area contributed by atoms with Gasteiger partial charge in [-0.05, 0) is 75.5 Å². The summed E-state index contributed by atoms with van der Waals surface area (Å²) >= 11 is 0. The van der Waals surface area contributed by atoms with Crippen molar-refractivity contribution in [2.45, 2.75) is 45.1 Å². The van der Waals surface area contributed by atoms with E-state index >= 15 is 0 Å². The predicted octanol–water partition coefficient (Wildman–Crippen LogP) is 5.03. The number of hydrogen-bond donors (Lipinski definition) is 0. The summed E-state index contributed by atoms with van der Waals surface area (Å²) in [5, 5.41) is 0. The summed E-state index contributed by atoms with van der Waals surface area (Å²) in [6.07, 6.45) is 6.30. The van der Waals surface area contributed by atoms with Gasteiger partial charge in [0.15, 0.2) is 0 Å². The first-order valence-corrected chi connectivity index (χ1v) is 10.2. The number of fused-ring (bicyclic) bond motifs is 1. The number of nitrogens with zero attached hydrogens (tertiary/aromatic N) is 2. The van der Waals surface area contributed by atoms with Crippen LogP contribution in [-0.4, -0.2) is 38.1 Å². The highest BCUT2D eigenvalue weighted by Crippen LogP contribution is 2.30. The predicted molar refractivity (Wildman–Crippen MR) is 113 cm³/mol. The van der Waals surface area contributed by atoms with Gasteiger partial charge in [-0.1, -0.05) is 55.8 Å². The minimum absolute atomic E-state index is 0.596. The van der Waals surface area contributed by atoms with E-state index in [1.807, 2.05) is 0 Å². The van der Waals surface area contributed by atoms with Gasteiger partial charge >= 0.3 is 0 Å². The van der Waals surface area contributed by atoms with E-state index in [1.165, 1.54) is 55.5 Å². The molecule has 2 aromatic rings. The standard InChI is InChI=1S/C24H34N2/c1-20(11-9-10-16-25(2)3)19-26(23-14-5-4-6-15-23)24-17-21-12-7-8-13-22(21)18-24/h4-8,12-15,20,24H,9-11,16-19H2,1-3H3/t20-/m0/s1. The van der Waals surface area contributed by atoms with E-state index in [9.17, 15) is 0 Å². The van der Waals surface area contributed by atoms with E-state index in [0.717, 1.165) is 12.5 Å². The van der Waals surface area contributed by atoms with Crippen LogP contribution in [0.15, 0.2) is 54.6 Å². The number of rotatable bonds is 9. The molecule has 0 aliphatic heterocycles. The molecule has 0 aromatic heterocycles. The highest BCUT2D eigenvalue weighted by atomic mass is 15.2. The van der Waals surface area contributed by atoms with E-state index < -0.39 is 0 Å². The third-order valence-corrected chi connectivity index (χ3v) is 5.62. The van der Waals surface area contributed by atoms with Crippen LogP contribution in [-0.2, 0) is 12.8 Å². The van der Waals surface area contributed by atoms with E-state index in [-0.39, 0.29) is 0 Å². The van der Waals surface area contributed by atoms with Crippen LogP contribution in [0.1, 0.15) is 37.3 Å². The molecule has 0 spiro atoms. The molecule has 0 radical (unpaired) electrons. The monoisotopic (exact) mass is 350 g/mol. The lowest BCUT2D eigenvalue weighted by atomic mass is 10.0. The fourth-order valence-electron chi connectivity index (χ4n) is 4.19. The van der Waals surface area contributed by atoms with Gasteiger partial charge in [0, 0.05) is 18.3 Å². The maximum Gasteiger partial charge on any atom is 0.0370 e. The number of hydrogen-bond acceptors (Lipinski definition) is 2. The van der Waals surface area contributed by atoms with Gasteiger partial charge in [-0.15, -0.1) is 0 Å². The van der Waals surface area contributed by atoms with Crippen LogP contribution in [0.3, 0.4) is 0 Å². The lowest BCUT2D eigenvalue weighted by molar-refractivity contribution is 0.377. The van der Waals surface area contributed by atoms with E-state index in [2.05, 4.69) is 85.4 Å². The van der Waals surface area contributed by atoms with Crippen molar-refractivity contribution < 1.29 is 0 Å². The number of benzene rings is 2. The highest BCUT2D eigenvalue weighted by Gasteiger charge is 2.27. The molecule has 140 valence electrons. The summed E-state index contributed by atoms with van der Waals surface area (Å²) in [6.45, 7) is 4.78. The van der Waals surface area contributed by atoms with Gasteiger partial charge in [-0.3, -0.25) is 0 Å². The van der Waals surface area contributed by atoms with E-state index in [0.29, 0.717) is 6.04 Å². The zero-order chi connectivity index (χ0) is 18.4. The van der Waals surface area contributed by atoms with Crippen molar-refractivity contribution in [1.29, 1.82) is 0 Å². The third-order valence-electron chi connectivity index (χ3n) is 5.62. The molecular weight excluding hydrogens is 316 g/mol. The topological polar surface area (TPSA) is 6.48 Å².